The van der Waals surface area contributed by atoms with Gasteiger partial charge in [0.15, 0.2) is 0 Å². The second-order valence-electron chi connectivity index (χ2n) is 1.79. The van der Waals surface area contributed by atoms with E-state index in [9.17, 15) is 13.2 Å². The second-order valence-corrected chi connectivity index (χ2v) is 1.79. The van der Waals surface area contributed by atoms with Gasteiger partial charge in [-0.25, -0.2) is 0 Å². The van der Waals surface area contributed by atoms with Gasteiger partial charge in [0.2, 0.25) is 0 Å². The van der Waals surface area contributed by atoms with Crippen molar-refractivity contribution in [3.8, 4) is 6.07 Å². The first-order valence-corrected chi connectivity index (χ1v) is 2.76. The largest absolute Gasteiger partial charge is 0.417 e. The van der Waals surface area contributed by atoms with E-state index in [0.717, 1.165) is 6.08 Å². The van der Waals surface area contributed by atoms with Gasteiger partial charge in [0.05, 0.1) is 17.2 Å². The van der Waals surface area contributed by atoms with Crippen LogP contribution in [0.1, 0.15) is 6.92 Å². The van der Waals surface area contributed by atoms with Crippen LogP contribution >= 0.6 is 0 Å². The van der Waals surface area contributed by atoms with E-state index < -0.39 is 17.3 Å². The summed E-state index contributed by atoms with van der Waals surface area (Å²) >= 11 is 0. The van der Waals surface area contributed by atoms with E-state index in [0.29, 0.717) is 0 Å². The summed E-state index contributed by atoms with van der Waals surface area (Å²) in [6.07, 6.45) is -3.65. The van der Waals surface area contributed by atoms with E-state index in [2.05, 4.69) is 6.58 Å². The molecule has 1 nitrogen and oxygen atoms in total. The summed E-state index contributed by atoms with van der Waals surface area (Å²) in [5.41, 5.74) is -1.53. The molecule has 0 heterocycles. The van der Waals surface area contributed by atoms with Crippen molar-refractivity contribution in [3.05, 3.63) is 23.8 Å². The minimum Gasteiger partial charge on any atom is -0.192 e. The number of hydrogen-bond acceptors (Lipinski definition) is 1. The van der Waals surface area contributed by atoms with Crippen LogP contribution in [0.4, 0.5) is 13.2 Å². The lowest BCUT2D eigenvalue weighted by molar-refractivity contribution is -0.0890. The third kappa shape index (κ3) is 2.46. The minimum absolute atomic E-state index is 0.556. The standard InChI is InChI=1S/C7H6F3N/c1-3-6(5(2)4-11)7(8,9)10/h3H,2H2,1H3. The average Bonchev–Trinajstić information content (AvgIpc) is 1.86. The Kier molecular flexibility index (Phi) is 2.87. The van der Waals surface area contributed by atoms with Crippen LogP contribution in [0.2, 0.25) is 0 Å². The highest BCUT2D eigenvalue weighted by molar-refractivity contribution is 5.41. The van der Waals surface area contributed by atoms with Crippen molar-refractivity contribution in [2.24, 2.45) is 0 Å². The summed E-state index contributed by atoms with van der Waals surface area (Å²) < 4.78 is 35.6. The van der Waals surface area contributed by atoms with Crippen LogP contribution in [-0.4, -0.2) is 6.18 Å². The Balaban J connectivity index is 4.76. The van der Waals surface area contributed by atoms with E-state index in [1.165, 1.54) is 13.0 Å². The van der Waals surface area contributed by atoms with Crippen molar-refractivity contribution >= 4 is 0 Å². The maximum absolute atomic E-state index is 11.9. The topological polar surface area (TPSA) is 23.8 Å². The molecule has 0 aromatic carbocycles. The molecular weight excluding hydrogens is 155 g/mol. The first kappa shape index (κ1) is 9.76. The highest BCUT2D eigenvalue weighted by Gasteiger charge is 2.34. The van der Waals surface area contributed by atoms with Crippen molar-refractivity contribution in [1.82, 2.24) is 0 Å². The lowest BCUT2D eigenvalue weighted by Gasteiger charge is -2.07. The van der Waals surface area contributed by atoms with Gasteiger partial charge in [-0.3, -0.25) is 0 Å². The van der Waals surface area contributed by atoms with Crippen LogP contribution in [0, 0.1) is 11.3 Å². The fraction of sp³-hybridized carbons (Fsp3) is 0.286. The molecule has 11 heavy (non-hydrogen) atoms. The average molecular weight is 161 g/mol. The Morgan fingerprint density at radius 2 is 2.00 bits per heavy atom. The van der Waals surface area contributed by atoms with Gasteiger partial charge in [0.1, 0.15) is 0 Å². The molecule has 0 radical (unpaired) electrons. The fourth-order valence-corrected chi connectivity index (χ4v) is 0.569. The lowest BCUT2D eigenvalue weighted by Crippen LogP contribution is -2.12. The van der Waals surface area contributed by atoms with Gasteiger partial charge >= 0.3 is 6.18 Å². The number of hydrogen-bond donors (Lipinski definition) is 0. The zero-order valence-electron chi connectivity index (χ0n) is 5.87. The zero-order chi connectivity index (χ0) is 9.07. The molecule has 0 fully saturated rings. The summed E-state index contributed by atoms with van der Waals surface area (Å²) in [4.78, 5) is 0. The van der Waals surface area contributed by atoms with Crippen LogP contribution in [0.25, 0.3) is 0 Å². The number of alkyl halides is 3. The van der Waals surface area contributed by atoms with Gasteiger partial charge in [0.25, 0.3) is 0 Å². The van der Waals surface area contributed by atoms with E-state index in [4.69, 9.17) is 5.26 Å². The molecule has 0 rings (SSSR count). The van der Waals surface area contributed by atoms with Crippen LogP contribution in [0.5, 0.6) is 0 Å². The molecule has 4 heteroatoms. The molecule has 0 saturated heterocycles. The Bertz CT molecular complexity index is 229. The highest BCUT2D eigenvalue weighted by atomic mass is 19.4. The van der Waals surface area contributed by atoms with Gasteiger partial charge in [-0.2, -0.15) is 18.4 Å². The number of nitriles is 1. The molecular formula is C7H6F3N. The van der Waals surface area contributed by atoms with Crippen molar-refractivity contribution in [2.75, 3.05) is 0 Å². The first-order chi connectivity index (χ1) is 4.93. The van der Waals surface area contributed by atoms with Gasteiger partial charge in [0, 0.05) is 0 Å². The fourth-order valence-electron chi connectivity index (χ4n) is 0.569. The van der Waals surface area contributed by atoms with Gasteiger partial charge in [-0.1, -0.05) is 12.7 Å². The third-order valence-electron chi connectivity index (χ3n) is 1.05. The maximum atomic E-state index is 11.9. The number of halogens is 3. The SMILES string of the molecule is C=C(C#N)C(=CC)C(F)(F)F. The molecule has 0 amide bonds. The van der Waals surface area contributed by atoms with Crippen molar-refractivity contribution < 1.29 is 13.2 Å². The van der Waals surface area contributed by atoms with Crippen LogP contribution in [0.3, 0.4) is 0 Å². The first-order valence-electron chi connectivity index (χ1n) is 2.76. The third-order valence-corrected chi connectivity index (χ3v) is 1.05. The van der Waals surface area contributed by atoms with Crippen molar-refractivity contribution in [1.29, 1.82) is 5.26 Å². The summed E-state index contributed by atoms with van der Waals surface area (Å²) in [5, 5.41) is 8.11. The number of allylic oxidation sites excluding steroid dienone is 3. The quantitative estimate of drug-likeness (QED) is 0.428. The molecule has 0 aliphatic carbocycles. The summed E-state index contributed by atoms with van der Waals surface area (Å²) in [6, 6.07) is 1.34. The van der Waals surface area contributed by atoms with E-state index in [-0.39, 0.29) is 0 Å². The van der Waals surface area contributed by atoms with Crippen LogP contribution in [-0.2, 0) is 0 Å². The molecule has 0 spiro atoms. The molecule has 0 aliphatic heterocycles. The van der Waals surface area contributed by atoms with Crippen molar-refractivity contribution in [2.45, 2.75) is 13.1 Å². The molecule has 0 bridgehead atoms. The minimum atomic E-state index is -4.47. The Morgan fingerprint density at radius 3 is 2.09 bits per heavy atom. The molecule has 0 N–H and O–H groups in total. The molecule has 60 valence electrons. The van der Waals surface area contributed by atoms with E-state index >= 15 is 0 Å². The predicted octanol–water partition coefficient (Wildman–Crippen LogP) is 2.57. The zero-order valence-corrected chi connectivity index (χ0v) is 5.87. The van der Waals surface area contributed by atoms with Gasteiger partial charge in [-0.15, -0.1) is 0 Å². The summed E-state index contributed by atoms with van der Waals surface area (Å²) in [5.74, 6) is 0. The molecule has 0 atom stereocenters. The van der Waals surface area contributed by atoms with Crippen molar-refractivity contribution in [3.63, 3.8) is 0 Å². The smallest absolute Gasteiger partial charge is 0.192 e. The Labute approximate surface area is 62.4 Å². The monoisotopic (exact) mass is 161 g/mol. The Hall–Kier alpha value is -1.24. The van der Waals surface area contributed by atoms with Crippen LogP contribution in [0.15, 0.2) is 23.8 Å². The number of nitrogens with zero attached hydrogens (tertiary/aromatic N) is 1. The molecule has 0 unspecified atom stereocenters. The summed E-state index contributed by atoms with van der Waals surface area (Å²) in [7, 11) is 0. The predicted molar refractivity (Wildman–Crippen MR) is 34.6 cm³/mol. The molecule has 0 aromatic heterocycles. The van der Waals surface area contributed by atoms with Gasteiger partial charge in [-0.05, 0) is 6.92 Å². The lowest BCUT2D eigenvalue weighted by atomic mass is 10.1. The number of rotatable bonds is 1. The Morgan fingerprint density at radius 1 is 1.55 bits per heavy atom. The van der Waals surface area contributed by atoms with Crippen LogP contribution < -0.4 is 0 Å². The molecule has 0 aromatic rings. The van der Waals surface area contributed by atoms with E-state index in [1.807, 2.05) is 0 Å². The summed E-state index contributed by atoms with van der Waals surface area (Å²) in [6.45, 7) is 4.18. The molecule has 0 aliphatic rings. The normalized spacial score (nSPS) is 12.5. The second kappa shape index (κ2) is 3.24. The van der Waals surface area contributed by atoms with Gasteiger partial charge < -0.3 is 0 Å². The molecule has 0 saturated carbocycles. The highest BCUT2D eigenvalue weighted by Crippen LogP contribution is 2.29. The maximum Gasteiger partial charge on any atom is 0.417 e. The van der Waals surface area contributed by atoms with E-state index in [1.54, 1.807) is 0 Å².